The third kappa shape index (κ3) is 1.52. The molecule has 0 saturated carbocycles. The van der Waals surface area contributed by atoms with Crippen LogP contribution in [-0.4, -0.2) is 25.2 Å². The Kier molecular flexibility index (Phi) is 2.26. The number of aryl methyl sites for hydroxylation is 1. The van der Waals surface area contributed by atoms with Crippen molar-refractivity contribution in [2.24, 2.45) is 7.05 Å². The van der Waals surface area contributed by atoms with E-state index in [1.54, 1.807) is 34.8 Å². The first-order valence-corrected chi connectivity index (χ1v) is 5.62. The summed E-state index contributed by atoms with van der Waals surface area (Å²) in [5.74, 6) is -0.0185. The van der Waals surface area contributed by atoms with Crippen LogP contribution in [0, 0.1) is 0 Å². The quantitative estimate of drug-likeness (QED) is 0.654. The Bertz CT molecular complexity index is 738. The van der Waals surface area contributed by atoms with Crippen molar-refractivity contribution < 1.29 is 4.79 Å². The van der Waals surface area contributed by atoms with Crippen molar-refractivity contribution in [3.8, 4) is 11.3 Å². The zero-order valence-corrected chi connectivity index (χ0v) is 10.2. The van der Waals surface area contributed by atoms with E-state index in [-0.39, 0.29) is 5.91 Å². The van der Waals surface area contributed by atoms with Crippen LogP contribution in [0.1, 0.15) is 11.7 Å². The summed E-state index contributed by atoms with van der Waals surface area (Å²) in [6.45, 7) is 1.56. The Morgan fingerprint density at radius 3 is 2.83 bits per heavy atom. The highest BCUT2D eigenvalue weighted by Gasteiger charge is 2.14. The molecule has 3 rings (SSSR count). The minimum atomic E-state index is -0.0185. The number of rotatable bonds is 1. The molecule has 0 amide bonds. The molecule has 0 radical (unpaired) electrons. The van der Waals surface area contributed by atoms with Gasteiger partial charge in [0, 0.05) is 43.5 Å². The molecule has 0 aromatic carbocycles. The number of pyridine rings is 1. The molecule has 3 heterocycles. The SMILES string of the molecule is CC(=O)n1c(-c2cnn(C)c2)cc2cnccc21. The van der Waals surface area contributed by atoms with Gasteiger partial charge in [-0.25, -0.2) is 0 Å². The minimum absolute atomic E-state index is 0.0185. The maximum atomic E-state index is 11.8. The number of fused-ring (bicyclic) bond motifs is 1. The van der Waals surface area contributed by atoms with Crippen molar-refractivity contribution in [3.63, 3.8) is 0 Å². The zero-order chi connectivity index (χ0) is 12.7. The summed E-state index contributed by atoms with van der Waals surface area (Å²) >= 11 is 0. The first kappa shape index (κ1) is 10.7. The zero-order valence-electron chi connectivity index (χ0n) is 10.2. The topological polar surface area (TPSA) is 52.7 Å². The Hall–Kier alpha value is -2.43. The van der Waals surface area contributed by atoms with Gasteiger partial charge >= 0.3 is 0 Å². The van der Waals surface area contributed by atoms with E-state index in [0.29, 0.717) is 0 Å². The fourth-order valence-electron chi connectivity index (χ4n) is 2.16. The van der Waals surface area contributed by atoms with Crippen LogP contribution in [0.4, 0.5) is 0 Å². The van der Waals surface area contributed by atoms with Crippen LogP contribution >= 0.6 is 0 Å². The summed E-state index contributed by atoms with van der Waals surface area (Å²) in [6.07, 6.45) is 7.09. The van der Waals surface area contributed by atoms with E-state index in [1.807, 2.05) is 25.4 Å². The third-order valence-corrected chi connectivity index (χ3v) is 2.92. The normalized spacial score (nSPS) is 11.0. The first-order chi connectivity index (χ1) is 8.66. The Morgan fingerprint density at radius 2 is 2.17 bits per heavy atom. The van der Waals surface area contributed by atoms with Gasteiger partial charge in [-0.3, -0.25) is 19.0 Å². The summed E-state index contributed by atoms with van der Waals surface area (Å²) in [4.78, 5) is 15.9. The molecule has 0 aliphatic rings. The molecule has 0 N–H and O–H groups in total. The highest BCUT2D eigenvalue weighted by atomic mass is 16.1. The maximum absolute atomic E-state index is 11.8. The maximum Gasteiger partial charge on any atom is 0.228 e. The van der Waals surface area contributed by atoms with Crippen molar-refractivity contribution in [2.75, 3.05) is 0 Å². The van der Waals surface area contributed by atoms with Gasteiger partial charge in [-0.2, -0.15) is 5.10 Å². The fraction of sp³-hybridized carbons (Fsp3) is 0.154. The van der Waals surface area contributed by atoms with Crippen molar-refractivity contribution >= 4 is 16.8 Å². The van der Waals surface area contributed by atoms with Gasteiger partial charge in [-0.15, -0.1) is 0 Å². The van der Waals surface area contributed by atoms with E-state index in [4.69, 9.17) is 0 Å². The molecule has 0 aliphatic carbocycles. The Balaban J connectivity index is 2.34. The van der Waals surface area contributed by atoms with Gasteiger partial charge in [0.25, 0.3) is 0 Å². The number of hydrogen-bond acceptors (Lipinski definition) is 3. The predicted octanol–water partition coefficient (Wildman–Crippen LogP) is 2.10. The van der Waals surface area contributed by atoms with E-state index in [1.165, 1.54) is 0 Å². The van der Waals surface area contributed by atoms with Crippen molar-refractivity contribution in [1.82, 2.24) is 19.3 Å². The number of carbonyl (C=O) groups excluding carboxylic acids is 1. The monoisotopic (exact) mass is 240 g/mol. The van der Waals surface area contributed by atoms with Crippen molar-refractivity contribution in [1.29, 1.82) is 0 Å². The molecule has 5 nitrogen and oxygen atoms in total. The number of aromatic nitrogens is 4. The van der Waals surface area contributed by atoms with Crippen LogP contribution in [-0.2, 0) is 7.05 Å². The van der Waals surface area contributed by atoms with Crippen LogP contribution < -0.4 is 0 Å². The lowest BCUT2D eigenvalue weighted by Crippen LogP contribution is -2.06. The number of hydrogen-bond donors (Lipinski definition) is 0. The molecule has 3 aromatic heterocycles. The van der Waals surface area contributed by atoms with Crippen molar-refractivity contribution in [3.05, 3.63) is 36.9 Å². The molecular formula is C13H12N4O. The third-order valence-electron chi connectivity index (χ3n) is 2.92. The molecule has 0 aliphatic heterocycles. The summed E-state index contributed by atoms with van der Waals surface area (Å²) in [7, 11) is 1.85. The highest BCUT2D eigenvalue weighted by Crippen LogP contribution is 2.27. The first-order valence-electron chi connectivity index (χ1n) is 5.62. The molecular weight excluding hydrogens is 228 g/mol. The lowest BCUT2D eigenvalue weighted by Gasteiger charge is -2.04. The second-order valence-electron chi connectivity index (χ2n) is 4.22. The molecule has 3 aromatic rings. The fourth-order valence-corrected chi connectivity index (χ4v) is 2.16. The second kappa shape index (κ2) is 3.80. The molecule has 0 atom stereocenters. The summed E-state index contributed by atoms with van der Waals surface area (Å²) in [6, 6.07) is 3.80. The average Bonchev–Trinajstić information content (AvgIpc) is 2.91. The lowest BCUT2D eigenvalue weighted by atomic mass is 10.2. The molecule has 5 heteroatoms. The minimum Gasteiger partial charge on any atom is -0.280 e. The largest absolute Gasteiger partial charge is 0.280 e. The summed E-state index contributed by atoms with van der Waals surface area (Å²) in [5.41, 5.74) is 2.64. The van der Waals surface area contributed by atoms with E-state index in [9.17, 15) is 4.79 Å². The van der Waals surface area contributed by atoms with E-state index in [2.05, 4.69) is 10.1 Å². The van der Waals surface area contributed by atoms with E-state index >= 15 is 0 Å². The Labute approximate surface area is 104 Å². The molecule has 90 valence electrons. The molecule has 0 unspecified atom stereocenters. The lowest BCUT2D eigenvalue weighted by molar-refractivity contribution is 0.0943. The van der Waals surface area contributed by atoms with Crippen LogP contribution in [0.3, 0.4) is 0 Å². The average molecular weight is 240 g/mol. The number of carbonyl (C=O) groups is 1. The van der Waals surface area contributed by atoms with Crippen LogP contribution in [0.2, 0.25) is 0 Å². The second-order valence-corrected chi connectivity index (χ2v) is 4.22. The van der Waals surface area contributed by atoms with Crippen LogP contribution in [0.25, 0.3) is 22.2 Å². The van der Waals surface area contributed by atoms with E-state index < -0.39 is 0 Å². The van der Waals surface area contributed by atoms with Gasteiger partial charge in [0.15, 0.2) is 0 Å². The van der Waals surface area contributed by atoms with Crippen LogP contribution in [0.15, 0.2) is 36.9 Å². The van der Waals surface area contributed by atoms with Gasteiger partial charge in [0.05, 0.1) is 17.4 Å². The molecule has 18 heavy (non-hydrogen) atoms. The Morgan fingerprint density at radius 1 is 1.33 bits per heavy atom. The highest BCUT2D eigenvalue weighted by molar-refractivity contribution is 5.97. The molecule has 0 bridgehead atoms. The standard InChI is InChI=1S/C13H12N4O/c1-9(18)17-12-3-4-14-6-10(12)5-13(17)11-7-15-16(2)8-11/h3-8H,1-2H3. The molecule has 0 saturated heterocycles. The summed E-state index contributed by atoms with van der Waals surface area (Å²) < 4.78 is 3.41. The number of nitrogens with zero attached hydrogens (tertiary/aromatic N) is 4. The van der Waals surface area contributed by atoms with Gasteiger partial charge in [0.1, 0.15) is 0 Å². The molecule has 0 fully saturated rings. The van der Waals surface area contributed by atoms with E-state index in [0.717, 1.165) is 22.2 Å². The van der Waals surface area contributed by atoms with Crippen LogP contribution in [0.5, 0.6) is 0 Å². The predicted molar refractivity (Wildman–Crippen MR) is 68.2 cm³/mol. The van der Waals surface area contributed by atoms with Gasteiger partial charge in [-0.05, 0) is 12.1 Å². The van der Waals surface area contributed by atoms with Gasteiger partial charge in [0.2, 0.25) is 5.91 Å². The summed E-state index contributed by atoms with van der Waals surface area (Å²) in [5, 5.41) is 5.09. The smallest absolute Gasteiger partial charge is 0.228 e. The van der Waals surface area contributed by atoms with Gasteiger partial charge < -0.3 is 0 Å². The molecule has 0 spiro atoms. The van der Waals surface area contributed by atoms with Crippen molar-refractivity contribution in [2.45, 2.75) is 6.92 Å². The van der Waals surface area contributed by atoms with Gasteiger partial charge in [-0.1, -0.05) is 0 Å².